The number of methoxy groups -OCH3 is 1. The first-order chi connectivity index (χ1) is 10.1. The minimum absolute atomic E-state index is 0.285. The summed E-state index contributed by atoms with van der Waals surface area (Å²) in [5.74, 6) is -0.744. The van der Waals surface area contributed by atoms with Crippen LogP contribution in [-0.4, -0.2) is 28.8 Å². The van der Waals surface area contributed by atoms with Crippen LogP contribution in [-0.2, 0) is 17.7 Å². The van der Waals surface area contributed by atoms with Crippen LogP contribution < -0.4 is 5.32 Å². The molecule has 7 heteroatoms. The molecule has 0 fully saturated rings. The molecule has 0 saturated heterocycles. The average molecular weight is 307 g/mol. The fourth-order valence-electron chi connectivity index (χ4n) is 1.91. The smallest absolute Gasteiger partial charge is 0.350 e. The number of aromatic nitrogens is 2. The van der Waals surface area contributed by atoms with Gasteiger partial charge >= 0.3 is 5.97 Å². The van der Waals surface area contributed by atoms with Crippen LogP contribution in [0.4, 0.5) is 5.69 Å². The van der Waals surface area contributed by atoms with Crippen LogP contribution in [0.5, 0.6) is 0 Å². The zero-order chi connectivity index (χ0) is 15.4. The van der Waals surface area contributed by atoms with Crippen molar-refractivity contribution in [1.29, 1.82) is 0 Å². The quantitative estimate of drug-likeness (QED) is 0.862. The fourth-order valence-corrected chi connectivity index (χ4v) is 2.68. The number of ether oxygens (including phenoxy) is 1. The van der Waals surface area contributed by atoms with Crippen LogP contribution in [0, 0.1) is 0 Å². The molecule has 21 heavy (non-hydrogen) atoms. The molecule has 0 radical (unpaired) electrons. The number of carbonyl (C=O) groups is 2. The van der Waals surface area contributed by atoms with E-state index in [2.05, 4.69) is 10.4 Å². The summed E-state index contributed by atoms with van der Waals surface area (Å²) in [5.41, 5.74) is 1.80. The molecule has 0 spiro atoms. The van der Waals surface area contributed by atoms with Gasteiger partial charge in [0.25, 0.3) is 5.91 Å². The van der Waals surface area contributed by atoms with Crippen molar-refractivity contribution in [3.05, 3.63) is 33.8 Å². The maximum Gasteiger partial charge on any atom is 0.350 e. The van der Waals surface area contributed by atoms with Crippen LogP contribution in [0.2, 0.25) is 0 Å². The summed E-state index contributed by atoms with van der Waals surface area (Å²) in [4.78, 5) is 24.3. The SMILES string of the molecule is CCc1cc(C(=O)Nc2ccsc2C(=O)OC)n(CC)n1. The van der Waals surface area contributed by atoms with Crippen LogP contribution in [0.25, 0.3) is 0 Å². The van der Waals surface area contributed by atoms with Gasteiger partial charge < -0.3 is 10.1 Å². The van der Waals surface area contributed by atoms with E-state index in [4.69, 9.17) is 4.74 Å². The maximum atomic E-state index is 12.4. The summed E-state index contributed by atoms with van der Waals surface area (Å²) in [7, 11) is 1.31. The van der Waals surface area contributed by atoms with Crippen molar-refractivity contribution < 1.29 is 14.3 Å². The highest BCUT2D eigenvalue weighted by Crippen LogP contribution is 2.23. The minimum Gasteiger partial charge on any atom is -0.465 e. The van der Waals surface area contributed by atoms with Gasteiger partial charge in [-0.05, 0) is 30.9 Å². The van der Waals surface area contributed by atoms with E-state index in [-0.39, 0.29) is 5.91 Å². The van der Waals surface area contributed by atoms with E-state index >= 15 is 0 Å². The second-order valence-corrected chi connectivity index (χ2v) is 5.22. The molecule has 2 rings (SSSR count). The van der Waals surface area contributed by atoms with Gasteiger partial charge in [0.05, 0.1) is 18.5 Å². The minimum atomic E-state index is -0.460. The molecule has 0 saturated carbocycles. The normalized spacial score (nSPS) is 10.4. The molecule has 2 aromatic heterocycles. The molecule has 6 nitrogen and oxygen atoms in total. The molecule has 1 amide bonds. The number of thiophene rings is 1. The van der Waals surface area contributed by atoms with E-state index in [1.807, 2.05) is 13.8 Å². The zero-order valence-electron chi connectivity index (χ0n) is 12.2. The molecule has 0 bridgehead atoms. The van der Waals surface area contributed by atoms with Gasteiger partial charge in [-0.3, -0.25) is 9.48 Å². The third-order valence-corrected chi connectivity index (χ3v) is 3.90. The fraction of sp³-hybridized carbons (Fsp3) is 0.357. The van der Waals surface area contributed by atoms with Gasteiger partial charge in [0, 0.05) is 6.54 Å². The largest absolute Gasteiger partial charge is 0.465 e. The molecule has 0 unspecified atom stereocenters. The Hall–Kier alpha value is -2.15. The lowest BCUT2D eigenvalue weighted by atomic mass is 10.3. The van der Waals surface area contributed by atoms with E-state index in [0.717, 1.165) is 12.1 Å². The third-order valence-electron chi connectivity index (χ3n) is 3.01. The number of anilines is 1. The number of nitrogens with zero attached hydrogens (tertiary/aromatic N) is 2. The number of amides is 1. The molecule has 0 aliphatic rings. The van der Waals surface area contributed by atoms with Gasteiger partial charge in [0.2, 0.25) is 0 Å². The highest BCUT2D eigenvalue weighted by molar-refractivity contribution is 7.12. The first-order valence-electron chi connectivity index (χ1n) is 6.64. The molecule has 1 N–H and O–H groups in total. The maximum absolute atomic E-state index is 12.4. The standard InChI is InChI=1S/C14H17N3O3S/c1-4-9-8-11(17(5-2)16-9)13(18)15-10-6-7-21-12(10)14(19)20-3/h6-8H,4-5H2,1-3H3,(H,15,18). The van der Waals surface area contributed by atoms with Crippen LogP contribution >= 0.6 is 11.3 Å². The monoisotopic (exact) mass is 307 g/mol. The number of carbonyl (C=O) groups excluding carboxylic acids is 2. The van der Waals surface area contributed by atoms with Crippen LogP contribution in [0.1, 0.15) is 39.7 Å². The predicted molar refractivity (Wildman–Crippen MR) is 80.9 cm³/mol. The van der Waals surface area contributed by atoms with Crippen molar-refractivity contribution in [2.75, 3.05) is 12.4 Å². The molecule has 0 aliphatic carbocycles. The average Bonchev–Trinajstić information content (AvgIpc) is 3.12. The Bertz CT molecular complexity index is 660. The van der Waals surface area contributed by atoms with E-state index < -0.39 is 5.97 Å². The number of nitrogens with one attached hydrogen (secondary N) is 1. The van der Waals surface area contributed by atoms with Gasteiger partial charge in [0.1, 0.15) is 10.6 Å². The van der Waals surface area contributed by atoms with Crippen molar-refractivity contribution in [2.45, 2.75) is 26.8 Å². The number of hydrogen-bond acceptors (Lipinski definition) is 5. The Morgan fingerprint density at radius 3 is 2.81 bits per heavy atom. The Labute approximate surface area is 126 Å². The summed E-state index contributed by atoms with van der Waals surface area (Å²) < 4.78 is 6.34. The highest BCUT2D eigenvalue weighted by Gasteiger charge is 2.19. The van der Waals surface area contributed by atoms with E-state index in [1.165, 1.54) is 18.4 Å². The van der Waals surface area contributed by atoms with Crippen molar-refractivity contribution in [2.24, 2.45) is 0 Å². The van der Waals surface area contributed by atoms with Crippen molar-refractivity contribution >= 4 is 28.9 Å². The molecular weight excluding hydrogens is 290 g/mol. The molecule has 2 aromatic rings. The molecular formula is C14H17N3O3S. The molecule has 0 aliphatic heterocycles. The molecule has 0 aromatic carbocycles. The zero-order valence-corrected chi connectivity index (χ0v) is 13.0. The Balaban J connectivity index is 2.24. The van der Waals surface area contributed by atoms with Gasteiger partial charge in [-0.2, -0.15) is 5.10 Å². The van der Waals surface area contributed by atoms with Gasteiger partial charge in [-0.1, -0.05) is 6.92 Å². The summed E-state index contributed by atoms with van der Waals surface area (Å²) in [6.07, 6.45) is 0.763. The Morgan fingerprint density at radius 1 is 1.43 bits per heavy atom. The molecule has 112 valence electrons. The first-order valence-corrected chi connectivity index (χ1v) is 7.52. The van der Waals surface area contributed by atoms with E-state index in [0.29, 0.717) is 22.8 Å². The second-order valence-electron chi connectivity index (χ2n) is 4.30. The van der Waals surface area contributed by atoms with Crippen LogP contribution in [0.15, 0.2) is 17.5 Å². The van der Waals surface area contributed by atoms with Crippen molar-refractivity contribution in [1.82, 2.24) is 9.78 Å². The lowest BCUT2D eigenvalue weighted by molar-refractivity contribution is 0.0607. The Kier molecular flexibility index (Phi) is 4.74. The number of rotatable bonds is 5. The lowest BCUT2D eigenvalue weighted by Gasteiger charge is -2.06. The Morgan fingerprint density at radius 2 is 2.19 bits per heavy atom. The molecule has 2 heterocycles. The van der Waals surface area contributed by atoms with E-state index in [1.54, 1.807) is 22.2 Å². The third kappa shape index (κ3) is 3.13. The number of esters is 1. The molecule has 0 atom stereocenters. The highest BCUT2D eigenvalue weighted by atomic mass is 32.1. The first kappa shape index (κ1) is 15.2. The topological polar surface area (TPSA) is 73.2 Å². The number of hydrogen-bond donors (Lipinski definition) is 1. The number of aryl methyl sites for hydroxylation is 2. The predicted octanol–water partition coefficient (Wildman–Crippen LogP) is 2.57. The van der Waals surface area contributed by atoms with Crippen LogP contribution in [0.3, 0.4) is 0 Å². The van der Waals surface area contributed by atoms with Gasteiger partial charge in [0.15, 0.2) is 0 Å². The van der Waals surface area contributed by atoms with E-state index in [9.17, 15) is 9.59 Å². The lowest BCUT2D eigenvalue weighted by Crippen LogP contribution is -2.18. The second kappa shape index (κ2) is 6.53. The van der Waals surface area contributed by atoms with Crippen molar-refractivity contribution in [3.8, 4) is 0 Å². The van der Waals surface area contributed by atoms with Gasteiger partial charge in [-0.15, -0.1) is 11.3 Å². The van der Waals surface area contributed by atoms with Crippen molar-refractivity contribution in [3.63, 3.8) is 0 Å². The summed E-state index contributed by atoms with van der Waals surface area (Å²) >= 11 is 1.23. The summed E-state index contributed by atoms with van der Waals surface area (Å²) in [6, 6.07) is 3.45. The summed E-state index contributed by atoms with van der Waals surface area (Å²) in [5, 5.41) is 8.81. The van der Waals surface area contributed by atoms with Gasteiger partial charge in [-0.25, -0.2) is 4.79 Å². The summed E-state index contributed by atoms with van der Waals surface area (Å²) in [6.45, 7) is 4.52.